The molecule has 2 aromatic heterocycles. The summed E-state index contributed by atoms with van der Waals surface area (Å²) < 4.78 is 6.00. The highest BCUT2D eigenvalue weighted by atomic mass is 16.5. The predicted octanol–water partition coefficient (Wildman–Crippen LogP) is 1.57. The molecule has 0 radical (unpaired) electrons. The second-order valence-corrected chi connectivity index (χ2v) is 6.57. The fraction of sp³-hybridized carbons (Fsp3) is 0.368. The number of amides is 2. The molecule has 0 unspecified atom stereocenters. The number of nitrogens with two attached hydrogens (primary N) is 1. The lowest BCUT2D eigenvalue weighted by atomic mass is 9.90. The van der Waals surface area contributed by atoms with E-state index in [1.165, 1.54) is 0 Å². The molecule has 3 rings (SSSR count). The summed E-state index contributed by atoms with van der Waals surface area (Å²) in [6, 6.07) is 5.43. The Morgan fingerprint density at radius 1 is 1.31 bits per heavy atom. The normalized spacial score (nSPS) is 19.8. The van der Waals surface area contributed by atoms with Gasteiger partial charge in [-0.1, -0.05) is 0 Å². The predicted molar refractivity (Wildman–Crippen MR) is 95.4 cm³/mol. The number of pyridine rings is 2. The van der Waals surface area contributed by atoms with Gasteiger partial charge in [0.1, 0.15) is 11.9 Å². The van der Waals surface area contributed by atoms with Gasteiger partial charge in [0.05, 0.1) is 11.8 Å². The number of piperidine rings is 1. The fourth-order valence-corrected chi connectivity index (χ4v) is 3.25. The number of hydrogen-bond donors (Lipinski definition) is 1. The van der Waals surface area contributed by atoms with Gasteiger partial charge in [0.25, 0.3) is 5.91 Å². The summed E-state index contributed by atoms with van der Waals surface area (Å²) in [4.78, 5) is 34.1. The molecule has 2 atom stereocenters. The van der Waals surface area contributed by atoms with Crippen LogP contribution in [0.3, 0.4) is 0 Å². The molecule has 2 aromatic rings. The number of aromatic nitrogens is 2. The smallest absolute Gasteiger partial charge is 0.255 e. The fourth-order valence-electron chi connectivity index (χ4n) is 3.25. The van der Waals surface area contributed by atoms with Gasteiger partial charge in [-0.25, -0.2) is 0 Å². The van der Waals surface area contributed by atoms with Crippen LogP contribution < -0.4 is 10.5 Å². The Morgan fingerprint density at radius 2 is 2.15 bits per heavy atom. The minimum atomic E-state index is -0.402. The number of likely N-dealkylation sites (tertiary alicyclic amines) is 1. The molecular weight excluding hydrogens is 332 g/mol. The largest absolute Gasteiger partial charge is 0.488 e. The van der Waals surface area contributed by atoms with Crippen molar-refractivity contribution in [2.45, 2.75) is 25.9 Å². The molecule has 0 bridgehead atoms. The third-order valence-corrected chi connectivity index (χ3v) is 4.46. The van der Waals surface area contributed by atoms with E-state index in [2.05, 4.69) is 9.97 Å². The van der Waals surface area contributed by atoms with Crippen molar-refractivity contribution in [2.75, 3.05) is 13.1 Å². The zero-order valence-corrected chi connectivity index (χ0v) is 14.7. The Morgan fingerprint density at radius 3 is 2.85 bits per heavy atom. The molecule has 0 aromatic carbocycles. The highest BCUT2D eigenvalue weighted by molar-refractivity contribution is 5.94. The van der Waals surface area contributed by atoms with Gasteiger partial charge in [-0.2, -0.15) is 0 Å². The average molecular weight is 354 g/mol. The van der Waals surface area contributed by atoms with E-state index in [1.807, 2.05) is 19.1 Å². The quantitative estimate of drug-likeness (QED) is 0.879. The van der Waals surface area contributed by atoms with Gasteiger partial charge in [0.15, 0.2) is 0 Å². The number of rotatable bonds is 5. The summed E-state index contributed by atoms with van der Waals surface area (Å²) in [6.45, 7) is 2.86. The molecule has 1 fully saturated rings. The lowest BCUT2D eigenvalue weighted by molar-refractivity contribution is -0.120. The number of carbonyl (C=O) groups excluding carboxylic acids is 2. The molecular formula is C19H22N4O3. The molecule has 0 saturated carbocycles. The van der Waals surface area contributed by atoms with E-state index in [0.29, 0.717) is 30.8 Å². The Balaban J connectivity index is 1.73. The van der Waals surface area contributed by atoms with Crippen molar-refractivity contribution in [3.05, 3.63) is 54.1 Å². The van der Waals surface area contributed by atoms with Gasteiger partial charge < -0.3 is 15.4 Å². The summed E-state index contributed by atoms with van der Waals surface area (Å²) >= 11 is 0. The van der Waals surface area contributed by atoms with Gasteiger partial charge in [0.2, 0.25) is 5.91 Å². The number of carbonyl (C=O) groups is 2. The van der Waals surface area contributed by atoms with E-state index >= 15 is 0 Å². The van der Waals surface area contributed by atoms with Gasteiger partial charge in [-0.15, -0.1) is 0 Å². The number of hydrogen-bond acceptors (Lipinski definition) is 5. The molecule has 1 aliphatic heterocycles. The molecule has 1 saturated heterocycles. The van der Waals surface area contributed by atoms with Crippen LogP contribution in [0.5, 0.6) is 5.75 Å². The molecule has 7 heteroatoms. The van der Waals surface area contributed by atoms with E-state index in [-0.39, 0.29) is 24.3 Å². The van der Waals surface area contributed by atoms with E-state index in [4.69, 9.17) is 10.5 Å². The van der Waals surface area contributed by atoms with Crippen molar-refractivity contribution < 1.29 is 14.3 Å². The molecule has 7 nitrogen and oxygen atoms in total. The average Bonchev–Trinajstić information content (AvgIpc) is 2.63. The van der Waals surface area contributed by atoms with Crippen molar-refractivity contribution >= 4 is 11.8 Å². The van der Waals surface area contributed by atoms with Crippen LogP contribution in [0, 0.1) is 12.8 Å². The monoisotopic (exact) mass is 354 g/mol. The first kappa shape index (κ1) is 17.8. The summed E-state index contributed by atoms with van der Waals surface area (Å²) in [6.07, 6.45) is 7.18. The van der Waals surface area contributed by atoms with Crippen LogP contribution in [-0.2, 0) is 4.79 Å². The summed E-state index contributed by atoms with van der Waals surface area (Å²) in [5, 5.41) is 0. The third kappa shape index (κ3) is 4.36. The zero-order chi connectivity index (χ0) is 18.5. The molecule has 0 aliphatic carbocycles. The second-order valence-electron chi connectivity index (χ2n) is 6.57. The molecule has 1 aliphatic rings. The van der Waals surface area contributed by atoms with E-state index in [0.717, 1.165) is 5.56 Å². The maximum Gasteiger partial charge on any atom is 0.255 e. The highest BCUT2D eigenvalue weighted by Crippen LogP contribution is 2.26. The van der Waals surface area contributed by atoms with E-state index < -0.39 is 5.91 Å². The van der Waals surface area contributed by atoms with Gasteiger partial charge >= 0.3 is 0 Å². The Bertz CT molecular complexity index is 781. The summed E-state index contributed by atoms with van der Waals surface area (Å²) in [7, 11) is 0. The van der Waals surface area contributed by atoms with Crippen LogP contribution in [-0.4, -0.2) is 45.9 Å². The van der Waals surface area contributed by atoms with Gasteiger partial charge in [0, 0.05) is 50.4 Å². The first-order chi connectivity index (χ1) is 12.5. The SMILES string of the molecule is Cc1cncc(C(=O)N2CC[C@@H](Oc3cccnc3)[C@H](CC(N)=O)C2)c1. The van der Waals surface area contributed by atoms with Crippen molar-refractivity contribution in [3.8, 4) is 5.75 Å². The highest BCUT2D eigenvalue weighted by Gasteiger charge is 2.34. The van der Waals surface area contributed by atoms with Crippen molar-refractivity contribution in [1.29, 1.82) is 0 Å². The minimum Gasteiger partial charge on any atom is -0.488 e. The first-order valence-electron chi connectivity index (χ1n) is 8.59. The molecule has 26 heavy (non-hydrogen) atoms. The van der Waals surface area contributed by atoms with Crippen molar-refractivity contribution in [1.82, 2.24) is 14.9 Å². The lowest BCUT2D eigenvalue weighted by Crippen LogP contribution is -2.49. The number of primary amides is 1. The second kappa shape index (κ2) is 7.95. The van der Waals surface area contributed by atoms with Crippen LogP contribution in [0.4, 0.5) is 0 Å². The van der Waals surface area contributed by atoms with Crippen molar-refractivity contribution in [3.63, 3.8) is 0 Å². The Hall–Kier alpha value is -2.96. The standard InChI is InChI=1S/C19H22N4O3/c1-13-7-14(10-22-9-13)19(25)23-6-4-17(15(12-23)8-18(20)24)26-16-3-2-5-21-11-16/h2-3,5,7,9-11,15,17H,4,6,8,12H2,1H3,(H2,20,24)/t15-,17-/m1/s1. The van der Waals surface area contributed by atoms with Crippen LogP contribution in [0.25, 0.3) is 0 Å². The molecule has 136 valence electrons. The third-order valence-electron chi connectivity index (χ3n) is 4.46. The zero-order valence-electron chi connectivity index (χ0n) is 14.7. The number of aryl methyl sites for hydroxylation is 1. The lowest BCUT2D eigenvalue weighted by Gasteiger charge is -2.38. The van der Waals surface area contributed by atoms with Crippen molar-refractivity contribution in [2.24, 2.45) is 11.7 Å². The number of ether oxygens (including phenoxy) is 1. The Labute approximate surface area is 152 Å². The minimum absolute atomic E-state index is 0.0875. The van der Waals surface area contributed by atoms with Crippen LogP contribution >= 0.6 is 0 Å². The van der Waals surface area contributed by atoms with Gasteiger partial charge in [-0.05, 0) is 30.7 Å². The summed E-state index contributed by atoms with van der Waals surface area (Å²) in [5.74, 6) is -0.00499. The molecule has 2 amide bonds. The maximum atomic E-state index is 12.8. The first-order valence-corrected chi connectivity index (χ1v) is 8.59. The molecule has 2 N–H and O–H groups in total. The maximum absolute atomic E-state index is 12.8. The molecule has 0 spiro atoms. The Kier molecular flexibility index (Phi) is 5.46. The summed E-state index contributed by atoms with van der Waals surface area (Å²) in [5.41, 5.74) is 6.89. The van der Waals surface area contributed by atoms with Crippen LogP contribution in [0.1, 0.15) is 28.8 Å². The topological polar surface area (TPSA) is 98.4 Å². The molecule has 3 heterocycles. The van der Waals surface area contributed by atoms with E-state index in [1.54, 1.807) is 35.8 Å². The van der Waals surface area contributed by atoms with E-state index in [9.17, 15) is 9.59 Å². The van der Waals surface area contributed by atoms with Crippen LogP contribution in [0.15, 0.2) is 43.0 Å². The van der Waals surface area contributed by atoms with Gasteiger partial charge in [-0.3, -0.25) is 19.6 Å². The number of nitrogens with zero attached hydrogens (tertiary/aromatic N) is 3. The van der Waals surface area contributed by atoms with Crippen LogP contribution in [0.2, 0.25) is 0 Å².